The highest BCUT2D eigenvalue weighted by Crippen LogP contribution is 2.09. The second-order valence-corrected chi connectivity index (χ2v) is 3.72. The van der Waals surface area contributed by atoms with E-state index in [2.05, 4.69) is 12.2 Å². The summed E-state index contributed by atoms with van der Waals surface area (Å²) in [6.45, 7) is 4.91. The van der Waals surface area contributed by atoms with Crippen LogP contribution in [0.2, 0.25) is 0 Å². The Balaban J connectivity index is 2.14. The van der Waals surface area contributed by atoms with Crippen LogP contribution in [0.4, 0.5) is 0 Å². The molecule has 0 aromatic carbocycles. The van der Waals surface area contributed by atoms with Crippen LogP contribution in [-0.4, -0.2) is 30.8 Å². The van der Waals surface area contributed by atoms with Gasteiger partial charge in [-0.2, -0.15) is 0 Å². The van der Waals surface area contributed by atoms with Crippen LogP contribution in [-0.2, 0) is 11.3 Å². The Hall–Kier alpha value is -1.33. The summed E-state index contributed by atoms with van der Waals surface area (Å²) in [6, 6.07) is 1.67. The third kappa shape index (κ3) is 5.01. The lowest BCUT2D eigenvalue weighted by atomic mass is 10.2. The molecule has 0 spiro atoms. The molecule has 1 aromatic heterocycles. The molecule has 1 heterocycles. The molecule has 0 radical (unpaired) electrons. The molecule has 0 aliphatic heterocycles. The predicted octanol–water partition coefficient (Wildman–Crippen LogP) is 1.88. The van der Waals surface area contributed by atoms with E-state index in [1.807, 2.05) is 0 Å². The summed E-state index contributed by atoms with van der Waals surface area (Å²) in [5.41, 5.74) is 0.673. The fourth-order valence-electron chi connectivity index (χ4n) is 1.43. The molecule has 1 rings (SSSR count). The maximum absolute atomic E-state index is 10.7. The van der Waals surface area contributed by atoms with Gasteiger partial charge in [-0.1, -0.05) is 6.92 Å². The van der Waals surface area contributed by atoms with Crippen molar-refractivity contribution in [1.82, 2.24) is 5.32 Å². The average molecular weight is 241 g/mol. The molecule has 0 bridgehead atoms. The van der Waals surface area contributed by atoms with E-state index in [-0.39, 0.29) is 5.76 Å². The molecule has 0 saturated carbocycles. The number of furan rings is 1. The van der Waals surface area contributed by atoms with Crippen LogP contribution >= 0.6 is 0 Å². The van der Waals surface area contributed by atoms with Crippen molar-refractivity contribution in [2.24, 2.45) is 0 Å². The maximum atomic E-state index is 10.7. The Morgan fingerprint density at radius 3 is 3.06 bits per heavy atom. The molecule has 5 heteroatoms. The van der Waals surface area contributed by atoms with Crippen LogP contribution in [0.3, 0.4) is 0 Å². The Kier molecular flexibility index (Phi) is 6.35. The molecule has 2 N–H and O–H groups in total. The maximum Gasteiger partial charge on any atom is 0.372 e. The summed E-state index contributed by atoms with van der Waals surface area (Å²) in [6.07, 6.45) is 3.34. The Morgan fingerprint density at radius 2 is 2.35 bits per heavy atom. The normalized spacial score (nSPS) is 10.6. The molecule has 17 heavy (non-hydrogen) atoms. The minimum absolute atomic E-state index is 0.0136. The number of nitrogens with one attached hydrogen (secondary N) is 1. The summed E-state index contributed by atoms with van der Waals surface area (Å²) in [7, 11) is 0. The topological polar surface area (TPSA) is 71.7 Å². The summed E-state index contributed by atoms with van der Waals surface area (Å²) >= 11 is 0. The van der Waals surface area contributed by atoms with Crippen molar-refractivity contribution in [3.63, 3.8) is 0 Å². The number of aromatic carboxylic acids is 1. The lowest BCUT2D eigenvalue weighted by molar-refractivity contribution is 0.0660. The van der Waals surface area contributed by atoms with Gasteiger partial charge in [0.1, 0.15) is 0 Å². The van der Waals surface area contributed by atoms with E-state index in [9.17, 15) is 4.79 Å². The average Bonchev–Trinajstić information content (AvgIpc) is 2.76. The molecule has 0 saturated heterocycles. The standard InChI is InChI=1S/C12H19NO4/c1-2-6-16-7-3-5-13-9-10-4-8-17-11(10)12(14)15/h4,8,13H,2-3,5-7,9H2,1H3,(H,14,15). The van der Waals surface area contributed by atoms with Gasteiger partial charge in [-0.3, -0.25) is 0 Å². The summed E-state index contributed by atoms with van der Waals surface area (Å²) in [5, 5.41) is 12.0. The third-order valence-corrected chi connectivity index (χ3v) is 2.25. The van der Waals surface area contributed by atoms with Gasteiger partial charge in [-0.05, 0) is 25.5 Å². The highest BCUT2D eigenvalue weighted by Gasteiger charge is 2.12. The molecule has 0 unspecified atom stereocenters. The van der Waals surface area contributed by atoms with Crippen LogP contribution < -0.4 is 5.32 Å². The molecule has 96 valence electrons. The predicted molar refractivity (Wildman–Crippen MR) is 63.1 cm³/mol. The summed E-state index contributed by atoms with van der Waals surface area (Å²) < 4.78 is 10.2. The zero-order valence-corrected chi connectivity index (χ0v) is 10.1. The number of carbonyl (C=O) groups is 1. The number of rotatable bonds is 9. The number of hydrogen-bond acceptors (Lipinski definition) is 4. The third-order valence-electron chi connectivity index (χ3n) is 2.25. The van der Waals surface area contributed by atoms with Crippen molar-refractivity contribution in [2.75, 3.05) is 19.8 Å². The van der Waals surface area contributed by atoms with E-state index in [1.165, 1.54) is 6.26 Å². The lowest BCUT2D eigenvalue weighted by Gasteiger charge is -2.04. The Morgan fingerprint density at radius 1 is 1.53 bits per heavy atom. The SMILES string of the molecule is CCCOCCCNCc1ccoc1C(=O)O. The first-order valence-electron chi connectivity index (χ1n) is 5.83. The van der Waals surface area contributed by atoms with Gasteiger partial charge in [0.25, 0.3) is 0 Å². The van der Waals surface area contributed by atoms with E-state index in [0.29, 0.717) is 12.1 Å². The molecule has 5 nitrogen and oxygen atoms in total. The molecule has 0 aliphatic carbocycles. The fourth-order valence-corrected chi connectivity index (χ4v) is 1.43. The molecule has 0 aliphatic rings. The van der Waals surface area contributed by atoms with Gasteiger partial charge >= 0.3 is 5.97 Å². The van der Waals surface area contributed by atoms with Gasteiger partial charge in [0.05, 0.1) is 6.26 Å². The summed E-state index contributed by atoms with van der Waals surface area (Å²) in [5.74, 6) is -1.02. The number of carboxylic acid groups (broad SMARTS) is 1. The first-order valence-corrected chi connectivity index (χ1v) is 5.83. The van der Waals surface area contributed by atoms with E-state index < -0.39 is 5.97 Å². The number of hydrogen-bond donors (Lipinski definition) is 2. The monoisotopic (exact) mass is 241 g/mol. The molecule has 1 aromatic rings. The van der Waals surface area contributed by atoms with E-state index in [4.69, 9.17) is 14.3 Å². The van der Waals surface area contributed by atoms with Crippen molar-refractivity contribution in [2.45, 2.75) is 26.3 Å². The van der Waals surface area contributed by atoms with Gasteiger partial charge in [0.15, 0.2) is 0 Å². The van der Waals surface area contributed by atoms with Crippen molar-refractivity contribution in [3.8, 4) is 0 Å². The molecular formula is C12H19NO4. The quantitative estimate of drug-likeness (QED) is 0.646. The smallest absolute Gasteiger partial charge is 0.372 e. The molecule has 0 amide bonds. The molecule has 0 fully saturated rings. The van der Waals surface area contributed by atoms with Gasteiger partial charge in [-0.25, -0.2) is 4.79 Å². The van der Waals surface area contributed by atoms with E-state index in [0.717, 1.165) is 32.6 Å². The van der Waals surface area contributed by atoms with Crippen LogP contribution in [0.25, 0.3) is 0 Å². The minimum Gasteiger partial charge on any atom is -0.475 e. The molecule has 0 atom stereocenters. The van der Waals surface area contributed by atoms with Gasteiger partial charge in [-0.15, -0.1) is 0 Å². The highest BCUT2D eigenvalue weighted by molar-refractivity contribution is 5.86. The first kappa shape index (κ1) is 13.7. The largest absolute Gasteiger partial charge is 0.475 e. The summed E-state index contributed by atoms with van der Waals surface area (Å²) in [4.78, 5) is 10.7. The lowest BCUT2D eigenvalue weighted by Crippen LogP contribution is -2.17. The van der Waals surface area contributed by atoms with Gasteiger partial charge in [0.2, 0.25) is 5.76 Å². The van der Waals surface area contributed by atoms with Crippen molar-refractivity contribution < 1.29 is 19.1 Å². The van der Waals surface area contributed by atoms with E-state index >= 15 is 0 Å². The van der Waals surface area contributed by atoms with E-state index in [1.54, 1.807) is 6.07 Å². The van der Waals surface area contributed by atoms with Crippen LogP contribution in [0.5, 0.6) is 0 Å². The van der Waals surface area contributed by atoms with Crippen molar-refractivity contribution in [1.29, 1.82) is 0 Å². The number of ether oxygens (including phenoxy) is 1. The Labute approximate surface area is 101 Å². The number of carboxylic acids is 1. The van der Waals surface area contributed by atoms with Gasteiger partial charge in [0, 0.05) is 25.3 Å². The second kappa shape index (κ2) is 7.86. The highest BCUT2D eigenvalue weighted by atomic mass is 16.5. The molecular weight excluding hydrogens is 222 g/mol. The van der Waals surface area contributed by atoms with Gasteiger partial charge < -0.3 is 19.6 Å². The van der Waals surface area contributed by atoms with Crippen LogP contribution in [0.1, 0.15) is 35.9 Å². The fraction of sp³-hybridized carbons (Fsp3) is 0.583. The Bertz CT molecular complexity index is 335. The minimum atomic E-state index is -1.03. The van der Waals surface area contributed by atoms with Crippen LogP contribution in [0.15, 0.2) is 16.7 Å². The second-order valence-electron chi connectivity index (χ2n) is 3.72. The zero-order valence-electron chi connectivity index (χ0n) is 10.1. The van der Waals surface area contributed by atoms with Crippen molar-refractivity contribution in [3.05, 3.63) is 23.7 Å². The first-order chi connectivity index (χ1) is 8.25. The van der Waals surface area contributed by atoms with Crippen molar-refractivity contribution >= 4 is 5.97 Å². The zero-order chi connectivity index (χ0) is 12.5. The van der Waals surface area contributed by atoms with Crippen LogP contribution in [0, 0.1) is 0 Å².